The zero-order chi connectivity index (χ0) is 12.1. The lowest BCUT2D eigenvalue weighted by Gasteiger charge is -2.19. The Morgan fingerprint density at radius 1 is 1.38 bits per heavy atom. The fourth-order valence-electron chi connectivity index (χ4n) is 1.45. The van der Waals surface area contributed by atoms with E-state index in [2.05, 4.69) is 53.3 Å². The molecule has 1 aromatic rings. The maximum Gasteiger partial charge on any atom is 0.0471 e. The number of halogens is 1. The Balaban J connectivity index is 2.51. The molecular formula is C13H20BrNO. The zero-order valence-corrected chi connectivity index (χ0v) is 11.7. The standard InChI is InChI=1S/C13H20BrNO/c1-9-6-12(4-5-13(9)14)7-15-11(3)10(2)8-16/h4-6,10-11,15-16H,7-8H2,1-3H3. The van der Waals surface area contributed by atoms with Gasteiger partial charge in [-0.1, -0.05) is 35.0 Å². The van der Waals surface area contributed by atoms with Gasteiger partial charge in [-0.15, -0.1) is 0 Å². The Morgan fingerprint density at radius 2 is 2.06 bits per heavy atom. The van der Waals surface area contributed by atoms with Gasteiger partial charge in [0.15, 0.2) is 0 Å². The highest BCUT2D eigenvalue weighted by atomic mass is 79.9. The summed E-state index contributed by atoms with van der Waals surface area (Å²) in [6.45, 7) is 7.32. The van der Waals surface area contributed by atoms with Gasteiger partial charge in [0.2, 0.25) is 0 Å². The summed E-state index contributed by atoms with van der Waals surface area (Å²) >= 11 is 3.49. The van der Waals surface area contributed by atoms with E-state index in [-0.39, 0.29) is 12.5 Å². The molecule has 90 valence electrons. The summed E-state index contributed by atoms with van der Waals surface area (Å²) in [7, 11) is 0. The van der Waals surface area contributed by atoms with E-state index in [0.29, 0.717) is 6.04 Å². The highest BCUT2D eigenvalue weighted by Crippen LogP contribution is 2.17. The number of benzene rings is 1. The van der Waals surface area contributed by atoms with E-state index in [0.717, 1.165) is 11.0 Å². The smallest absolute Gasteiger partial charge is 0.0471 e. The third kappa shape index (κ3) is 3.89. The fourth-order valence-corrected chi connectivity index (χ4v) is 1.70. The molecule has 0 heterocycles. The van der Waals surface area contributed by atoms with E-state index < -0.39 is 0 Å². The van der Waals surface area contributed by atoms with Crippen molar-refractivity contribution in [1.82, 2.24) is 5.32 Å². The topological polar surface area (TPSA) is 32.3 Å². The predicted molar refractivity (Wildman–Crippen MR) is 71.4 cm³/mol. The Morgan fingerprint density at radius 3 is 2.62 bits per heavy atom. The van der Waals surface area contributed by atoms with Gasteiger partial charge in [-0.2, -0.15) is 0 Å². The van der Waals surface area contributed by atoms with Gasteiger partial charge in [0, 0.05) is 23.7 Å². The number of hydrogen-bond acceptors (Lipinski definition) is 2. The van der Waals surface area contributed by atoms with Crippen molar-refractivity contribution in [2.24, 2.45) is 5.92 Å². The molecule has 2 atom stereocenters. The van der Waals surface area contributed by atoms with Gasteiger partial charge >= 0.3 is 0 Å². The number of nitrogens with one attached hydrogen (secondary N) is 1. The monoisotopic (exact) mass is 285 g/mol. The zero-order valence-electron chi connectivity index (χ0n) is 10.1. The average Bonchev–Trinajstić information content (AvgIpc) is 2.29. The summed E-state index contributed by atoms with van der Waals surface area (Å²) in [5.41, 5.74) is 2.53. The first-order valence-corrected chi connectivity index (χ1v) is 6.43. The second-order valence-corrected chi connectivity index (χ2v) is 5.27. The van der Waals surface area contributed by atoms with Crippen LogP contribution in [0, 0.1) is 12.8 Å². The lowest BCUT2D eigenvalue weighted by atomic mass is 10.0. The van der Waals surface area contributed by atoms with Crippen molar-refractivity contribution in [3.8, 4) is 0 Å². The quantitative estimate of drug-likeness (QED) is 0.872. The van der Waals surface area contributed by atoms with Crippen molar-refractivity contribution in [3.05, 3.63) is 33.8 Å². The lowest BCUT2D eigenvalue weighted by molar-refractivity contribution is 0.207. The van der Waals surface area contributed by atoms with E-state index >= 15 is 0 Å². The van der Waals surface area contributed by atoms with Gasteiger partial charge in [0.1, 0.15) is 0 Å². The van der Waals surface area contributed by atoms with Gasteiger partial charge in [-0.05, 0) is 37.0 Å². The molecule has 0 aliphatic carbocycles. The normalized spacial score (nSPS) is 14.8. The van der Waals surface area contributed by atoms with Crippen molar-refractivity contribution in [1.29, 1.82) is 0 Å². The minimum atomic E-state index is 0.230. The molecule has 16 heavy (non-hydrogen) atoms. The first kappa shape index (κ1) is 13.7. The molecule has 0 fully saturated rings. The molecule has 0 radical (unpaired) electrons. The molecule has 0 bridgehead atoms. The Kier molecular flexibility index (Phi) is 5.46. The van der Waals surface area contributed by atoms with Crippen LogP contribution in [0.4, 0.5) is 0 Å². The maximum absolute atomic E-state index is 9.04. The summed E-state index contributed by atoms with van der Waals surface area (Å²) in [6.07, 6.45) is 0. The number of aryl methyl sites for hydroxylation is 1. The Labute approximate surface area is 106 Å². The molecule has 2 N–H and O–H groups in total. The van der Waals surface area contributed by atoms with E-state index in [4.69, 9.17) is 5.11 Å². The molecule has 0 spiro atoms. The van der Waals surface area contributed by atoms with Gasteiger partial charge in [-0.25, -0.2) is 0 Å². The molecule has 2 nitrogen and oxygen atoms in total. The van der Waals surface area contributed by atoms with Crippen LogP contribution in [-0.4, -0.2) is 17.8 Å². The molecule has 0 amide bonds. The fraction of sp³-hybridized carbons (Fsp3) is 0.538. The maximum atomic E-state index is 9.04. The van der Waals surface area contributed by atoms with Crippen LogP contribution in [0.2, 0.25) is 0 Å². The summed E-state index contributed by atoms with van der Waals surface area (Å²) in [6, 6.07) is 6.69. The largest absolute Gasteiger partial charge is 0.396 e. The molecule has 0 aromatic heterocycles. The van der Waals surface area contributed by atoms with Crippen LogP contribution in [0.3, 0.4) is 0 Å². The van der Waals surface area contributed by atoms with Crippen molar-refractivity contribution in [2.45, 2.75) is 33.4 Å². The predicted octanol–water partition coefficient (Wildman–Crippen LogP) is 2.86. The average molecular weight is 286 g/mol. The second-order valence-electron chi connectivity index (χ2n) is 4.41. The molecule has 0 aliphatic heterocycles. The molecule has 1 rings (SSSR count). The van der Waals surface area contributed by atoms with Crippen LogP contribution in [-0.2, 0) is 6.54 Å². The summed E-state index contributed by atoms with van der Waals surface area (Å²) < 4.78 is 1.15. The summed E-state index contributed by atoms with van der Waals surface area (Å²) in [4.78, 5) is 0. The summed E-state index contributed by atoms with van der Waals surface area (Å²) in [5.74, 6) is 0.288. The number of hydrogen-bond donors (Lipinski definition) is 2. The van der Waals surface area contributed by atoms with Crippen molar-refractivity contribution in [2.75, 3.05) is 6.61 Å². The number of aliphatic hydroxyl groups is 1. The van der Waals surface area contributed by atoms with Crippen LogP contribution < -0.4 is 5.32 Å². The van der Waals surface area contributed by atoms with Crippen LogP contribution in [0.1, 0.15) is 25.0 Å². The second kappa shape index (κ2) is 6.38. The van der Waals surface area contributed by atoms with Crippen molar-refractivity contribution in [3.63, 3.8) is 0 Å². The lowest BCUT2D eigenvalue weighted by Crippen LogP contribution is -2.33. The van der Waals surface area contributed by atoms with E-state index in [1.165, 1.54) is 11.1 Å². The van der Waals surface area contributed by atoms with Crippen LogP contribution in [0.5, 0.6) is 0 Å². The van der Waals surface area contributed by atoms with Gasteiger partial charge in [0.25, 0.3) is 0 Å². The highest BCUT2D eigenvalue weighted by molar-refractivity contribution is 9.10. The van der Waals surface area contributed by atoms with Gasteiger partial charge in [-0.3, -0.25) is 0 Å². The van der Waals surface area contributed by atoms with E-state index in [1.807, 2.05) is 6.92 Å². The molecule has 3 heteroatoms. The van der Waals surface area contributed by atoms with Crippen LogP contribution in [0.15, 0.2) is 22.7 Å². The SMILES string of the molecule is Cc1cc(CNC(C)C(C)CO)ccc1Br. The Bertz CT molecular complexity index is 341. The summed E-state index contributed by atoms with van der Waals surface area (Å²) in [5, 5.41) is 12.5. The van der Waals surface area contributed by atoms with Crippen molar-refractivity contribution < 1.29 is 5.11 Å². The third-order valence-electron chi connectivity index (χ3n) is 2.99. The van der Waals surface area contributed by atoms with E-state index in [1.54, 1.807) is 0 Å². The van der Waals surface area contributed by atoms with E-state index in [9.17, 15) is 0 Å². The third-order valence-corrected chi connectivity index (χ3v) is 3.88. The molecule has 0 saturated carbocycles. The number of rotatable bonds is 5. The highest BCUT2D eigenvalue weighted by Gasteiger charge is 2.09. The first-order chi connectivity index (χ1) is 7.54. The molecule has 2 unspecified atom stereocenters. The minimum absolute atomic E-state index is 0.230. The minimum Gasteiger partial charge on any atom is -0.396 e. The van der Waals surface area contributed by atoms with Gasteiger partial charge < -0.3 is 10.4 Å². The van der Waals surface area contributed by atoms with Crippen LogP contribution >= 0.6 is 15.9 Å². The molecule has 0 saturated heterocycles. The molecular weight excluding hydrogens is 266 g/mol. The van der Waals surface area contributed by atoms with Crippen LogP contribution in [0.25, 0.3) is 0 Å². The first-order valence-electron chi connectivity index (χ1n) is 5.64. The van der Waals surface area contributed by atoms with Gasteiger partial charge in [0.05, 0.1) is 0 Å². The molecule has 0 aliphatic rings. The number of aliphatic hydroxyl groups excluding tert-OH is 1. The Hall–Kier alpha value is -0.380. The van der Waals surface area contributed by atoms with Crippen molar-refractivity contribution >= 4 is 15.9 Å². The molecule has 1 aromatic carbocycles.